The van der Waals surface area contributed by atoms with Gasteiger partial charge in [-0.1, -0.05) is 6.42 Å². The fourth-order valence-electron chi connectivity index (χ4n) is 2.74. The molecule has 2 rings (SSSR count). The smallest absolute Gasteiger partial charge is 0.237 e. The van der Waals surface area contributed by atoms with Crippen LogP contribution >= 0.6 is 0 Å². The molecular weight excluding hydrogens is 214 g/mol. The first-order valence-corrected chi connectivity index (χ1v) is 6.98. The van der Waals surface area contributed by atoms with Gasteiger partial charge in [0.2, 0.25) is 5.91 Å². The summed E-state index contributed by atoms with van der Waals surface area (Å²) in [4.78, 5) is 14.4. The Kier molecular flexibility index (Phi) is 4.40. The average molecular weight is 239 g/mol. The highest BCUT2D eigenvalue weighted by Gasteiger charge is 2.32. The monoisotopic (exact) mass is 239 g/mol. The minimum absolute atomic E-state index is 0.00690. The van der Waals surface area contributed by atoms with E-state index in [9.17, 15) is 4.79 Å². The lowest BCUT2D eigenvalue weighted by Crippen LogP contribution is -2.52. The molecule has 1 saturated heterocycles. The highest BCUT2D eigenvalue weighted by molar-refractivity contribution is 5.81. The maximum atomic E-state index is 12.1. The van der Waals surface area contributed by atoms with Crippen LogP contribution in [0.1, 0.15) is 45.4 Å². The first-order chi connectivity index (χ1) is 8.22. The summed E-state index contributed by atoms with van der Waals surface area (Å²) in [7, 11) is 0. The van der Waals surface area contributed by atoms with Gasteiger partial charge < -0.3 is 11.1 Å². The minimum atomic E-state index is 0.00690. The number of piperidine rings is 1. The van der Waals surface area contributed by atoms with Gasteiger partial charge in [-0.25, -0.2) is 0 Å². The van der Waals surface area contributed by atoms with Gasteiger partial charge in [-0.15, -0.1) is 0 Å². The Morgan fingerprint density at radius 1 is 1.41 bits per heavy atom. The van der Waals surface area contributed by atoms with Crippen molar-refractivity contribution in [2.24, 2.45) is 5.73 Å². The molecule has 2 unspecified atom stereocenters. The third-order valence-electron chi connectivity index (χ3n) is 3.97. The van der Waals surface area contributed by atoms with Gasteiger partial charge in [0.05, 0.1) is 6.04 Å². The second-order valence-corrected chi connectivity index (χ2v) is 5.42. The van der Waals surface area contributed by atoms with Crippen LogP contribution in [-0.2, 0) is 4.79 Å². The molecule has 0 spiro atoms. The predicted molar refractivity (Wildman–Crippen MR) is 68.6 cm³/mol. The molecule has 0 aromatic heterocycles. The van der Waals surface area contributed by atoms with Gasteiger partial charge in [0.25, 0.3) is 0 Å². The first kappa shape index (κ1) is 12.8. The van der Waals surface area contributed by atoms with Gasteiger partial charge in [0.15, 0.2) is 0 Å². The van der Waals surface area contributed by atoms with Crippen LogP contribution in [0.15, 0.2) is 0 Å². The second kappa shape index (κ2) is 5.83. The SMILES string of the molecule is CC(C(=O)NC1CC1)N1CCCCC1CCN. The summed E-state index contributed by atoms with van der Waals surface area (Å²) >= 11 is 0. The van der Waals surface area contributed by atoms with Gasteiger partial charge in [-0.3, -0.25) is 9.69 Å². The summed E-state index contributed by atoms with van der Waals surface area (Å²) in [6.45, 7) is 3.80. The molecule has 2 fully saturated rings. The fraction of sp³-hybridized carbons (Fsp3) is 0.923. The molecule has 4 nitrogen and oxygen atoms in total. The lowest BCUT2D eigenvalue weighted by molar-refractivity contribution is -0.127. The predicted octanol–water partition coefficient (Wildman–Crippen LogP) is 0.857. The maximum absolute atomic E-state index is 12.1. The van der Waals surface area contributed by atoms with Crippen LogP contribution in [0.25, 0.3) is 0 Å². The lowest BCUT2D eigenvalue weighted by atomic mass is 9.97. The van der Waals surface area contributed by atoms with Crippen molar-refractivity contribution in [3.05, 3.63) is 0 Å². The van der Waals surface area contributed by atoms with Crippen molar-refractivity contribution in [2.45, 2.75) is 63.6 Å². The molecule has 4 heteroatoms. The standard InChI is InChI=1S/C13H25N3O/c1-10(13(17)15-11-5-6-11)16-9-3-2-4-12(16)7-8-14/h10-12H,2-9,14H2,1H3,(H,15,17). The lowest BCUT2D eigenvalue weighted by Gasteiger charge is -2.39. The summed E-state index contributed by atoms with van der Waals surface area (Å²) < 4.78 is 0. The molecule has 98 valence electrons. The Bertz CT molecular complexity index is 263. The number of nitrogens with one attached hydrogen (secondary N) is 1. The van der Waals surface area contributed by atoms with Crippen LogP contribution in [0.5, 0.6) is 0 Å². The van der Waals surface area contributed by atoms with E-state index in [0.717, 1.165) is 32.4 Å². The molecule has 0 radical (unpaired) electrons. The van der Waals surface area contributed by atoms with Crippen LogP contribution < -0.4 is 11.1 Å². The van der Waals surface area contributed by atoms with Gasteiger partial charge in [0.1, 0.15) is 0 Å². The summed E-state index contributed by atoms with van der Waals surface area (Å²) in [6.07, 6.45) is 7.01. The summed E-state index contributed by atoms with van der Waals surface area (Å²) in [6, 6.07) is 0.976. The van der Waals surface area contributed by atoms with Crippen molar-refractivity contribution < 1.29 is 4.79 Å². The summed E-state index contributed by atoms with van der Waals surface area (Å²) in [5.41, 5.74) is 5.66. The number of hydrogen-bond donors (Lipinski definition) is 2. The number of nitrogens with zero attached hydrogens (tertiary/aromatic N) is 1. The largest absolute Gasteiger partial charge is 0.352 e. The number of nitrogens with two attached hydrogens (primary N) is 1. The van der Waals surface area contributed by atoms with E-state index >= 15 is 0 Å². The quantitative estimate of drug-likeness (QED) is 0.748. The molecule has 1 saturated carbocycles. The maximum Gasteiger partial charge on any atom is 0.237 e. The number of amides is 1. The van der Waals surface area contributed by atoms with E-state index in [4.69, 9.17) is 5.73 Å². The van der Waals surface area contributed by atoms with E-state index in [0.29, 0.717) is 12.1 Å². The zero-order valence-electron chi connectivity index (χ0n) is 10.8. The molecule has 1 aliphatic carbocycles. The van der Waals surface area contributed by atoms with Gasteiger partial charge in [-0.05, 0) is 52.1 Å². The van der Waals surface area contributed by atoms with Crippen molar-refractivity contribution in [2.75, 3.05) is 13.1 Å². The zero-order chi connectivity index (χ0) is 12.3. The number of hydrogen-bond acceptors (Lipinski definition) is 3. The fourth-order valence-corrected chi connectivity index (χ4v) is 2.74. The Labute approximate surface area is 104 Å². The summed E-state index contributed by atoms with van der Waals surface area (Å²) in [5, 5.41) is 3.10. The topological polar surface area (TPSA) is 58.4 Å². The van der Waals surface area contributed by atoms with Crippen molar-refractivity contribution in [1.82, 2.24) is 10.2 Å². The molecule has 2 atom stereocenters. The highest BCUT2D eigenvalue weighted by Crippen LogP contribution is 2.23. The van der Waals surface area contributed by atoms with E-state index in [1.807, 2.05) is 6.92 Å². The van der Waals surface area contributed by atoms with Crippen LogP contribution in [0.4, 0.5) is 0 Å². The van der Waals surface area contributed by atoms with Crippen molar-refractivity contribution >= 4 is 5.91 Å². The molecule has 0 bridgehead atoms. The van der Waals surface area contributed by atoms with E-state index in [1.165, 1.54) is 19.3 Å². The highest BCUT2D eigenvalue weighted by atomic mass is 16.2. The Balaban J connectivity index is 1.89. The van der Waals surface area contributed by atoms with Crippen molar-refractivity contribution in [3.63, 3.8) is 0 Å². The van der Waals surface area contributed by atoms with E-state index in [2.05, 4.69) is 10.2 Å². The van der Waals surface area contributed by atoms with E-state index < -0.39 is 0 Å². The van der Waals surface area contributed by atoms with Crippen LogP contribution in [0.3, 0.4) is 0 Å². The Hall–Kier alpha value is -0.610. The van der Waals surface area contributed by atoms with Crippen molar-refractivity contribution in [3.8, 4) is 0 Å². The first-order valence-electron chi connectivity index (χ1n) is 6.98. The Morgan fingerprint density at radius 2 is 2.18 bits per heavy atom. The zero-order valence-corrected chi connectivity index (χ0v) is 10.8. The molecule has 3 N–H and O–H groups in total. The van der Waals surface area contributed by atoms with Crippen LogP contribution in [0, 0.1) is 0 Å². The second-order valence-electron chi connectivity index (χ2n) is 5.42. The number of carbonyl (C=O) groups is 1. The molecule has 0 aromatic rings. The van der Waals surface area contributed by atoms with Crippen LogP contribution in [-0.4, -0.2) is 42.0 Å². The normalized spacial score (nSPS) is 27.8. The van der Waals surface area contributed by atoms with Gasteiger partial charge >= 0.3 is 0 Å². The third-order valence-corrected chi connectivity index (χ3v) is 3.97. The number of rotatable bonds is 5. The number of likely N-dealkylation sites (tertiary alicyclic amines) is 1. The van der Waals surface area contributed by atoms with E-state index in [1.54, 1.807) is 0 Å². The van der Waals surface area contributed by atoms with Crippen molar-refractivity contribution in [1.29, 1.82) is 0 Å². The molecule has 1 heterocycles. The van der Waals surface area contributed by atoms with E-state index in [-0.39, 0.29) is 11.9 Å². The van der Waals surface area contributed by atoms with Gasteiger partial charge in [-0.2, -0.15) is 0 Å². The average Bonchev–Trinajstić information content (AvgIpc) is 3.13. The molecular formula is C13H25N3O. The Morgan fingerprint density at radius 3 is 2.82 bits per heavy atom. The third kappa shape index (κ3) is 3.42. The molecule has 2 aliphatic rings. The number of carbonyl (C=O) groups excluding carboxylic acids is 1. The van der Waals surface area contributed by atoms with Crippen LogP contribution in [0.2, 0.25) is 0 Å². The molecule has 1 aliphatic heterocycles. The van der Waals surface area contributed by atoms with Gasteiger partial charge in [0, 0.05) is 12.1 Å². The molecule has 17 heavy (non-hydrogen) atoms. The minimum Gasteiger partial charge on any atom is -0.352 e. The molecule has 0 aromatic carbocycles. The summed E-state index contributed by atoms with van der Waals surface area (Å²) in [5.74, 6) is 0.205. The molecule has 1 amide bonds.